The van der Waals surface area contributed by atoms with Crippen molar-refractivity contribution in [2.45, 2.75) is 0 Å². The van der Waals surface area contributed by atoms with Crippen LogP contribution >= 0.6 is 0 Å². The molecule has 3 aromatic carbocycles. The van der Waals surface area contributed by atoms with Gasteiger partial charge < -0.3 is 12.4 Å². The van der Waals surface area contributed by atoms with Gasteiger partial charge in [-0.1, -0.05) is 48.5 Å². The number of rotatable bonds is 3. The van der Waals surface area contributed by atoms with Crippen molar-refractivity contribution in [2.24, 2.45) is 0 Å². The molecule has 0 N–H and O–H groups in total. The van der Waals surface area contributed by atoms with Crippen LogP contribution in [0, 0.1) is 13.5 Å². The fourth-order valence-corrected chi connectivity index (χ4v) is 2.74. The molecule has 0 aliphatic carbocycles. The van der Waals surface area contributed by atoms with E-state index >= 15 is 0 Å². The molecule has 0 atom stereocenters. The molecule has 0 bridgehead atoms. The number of carbonyl (C=O) groups is 1. The summed E-state index contributed by atoms with van der Waals surface area (Å²) in [6.07, 6.45) is 1.63. The normalized spacial score (nSPS) is 9.85. The third-order valence-corrected chi connectivity index (χ3v) is 4.02. The van der Waals surface area contributed by atoms with Gasteiger partial charge in [-0.3, -0.25) is 4.79 Å². The van der Waals surface area contributed by atoms with E-state index in [9.17, 15) is 4.79 Å². The number of benzene rings is 3. The SMILES string of the molecule is O=C(c1ccc(-c2[c-]cccc2)nc1)c1ccc2ccccc2c1.[CH3-].[Ir]. The van der Waals surface area contributed by atoms with E-state index < -0.39 is 0 Å². The summed E-state index contributed by atoms with van der Waals surface area (Å²) in [5.74, 6) is -0.0168. The number of fused-ring (bicyclic) bond motifs is 1. The predicted molar refractivity (Wildman–Crippen MR) is 102 cm³/mol. The summed E-state index contributed by atoms with van der Waals surface area (Å²) in [6, 6.07) is 28.3. The van der Waals surface area contributed by atoms with E-state index in [1.807, 2.05) is 78.9 Å². The van der Waals surface area contributed by atoms with E-state index in [0.29, 0.717) is 11.1 Å². The van der Waals surface area contributed by atoms with Gasteiger partial charge in [-0.15, -0.1) is 35.9 Å². The molecule has 1 aromatic heterocycles. The quantitative estimate of drug-likeness (QED) is 0.271. The van der Waals surface area contributed by atoms with Crippen molar-refractivity contribution < 1.29 is 24.9 Å². The molecule has 0 spiro atoms. The third-order valence-electron chi connectivity index (χ3n) is 4.02. The van der Waals surface area contributed by atoms with Crippen molar-refractivity contribution in [1.82, 2.24) is 4.98 Å². The Balaban J connectivity index is 0.00000121. The summed E-state index contributed by atoms with van der Waals surface area (Å²) >= 11 is 0. The average Bonchev–Trinajstić information content (AvgIpc) is 2.68. The molecule has 0 saturated carbocycles. The number of ketones is 1. The van der Waals surface area contributed by atoms with Gasteiger partial charge in [0, 0.05) is 37.4 Å². The first-order chi connectivity index (χ1) is 11.8. The molecule has 1 heterocycles. The van der Waals surface area contributed by atoms with Gasteiger partial charge in [-0.25, -0.2) is 0 Å². The fourth-order valence-electron chi connectivity index (χ4n) is 2.74. The molecule has 0 fully saturated rings. The Morgan fingerprint density at radius 1 is 0.808 bits per heavy atom. The van der Waals surface area contributed by atoms with E-state index in [-0.39, 0.29) is 33.3 Å². The van der Waals surface area contributed by atoms with Crippen molar-refractivity contribution in [2.75, 3.05) is 0 Å². The molecule has 0 aliphatic rings. The first-order valence-corrected chi connectivity index (χ1v) is 7.78. The van der Waals surface area contributed by atoms with Crippen LogP contribution in [0.3, 0.4) is 0 Å². The number of pyridine rings is 1. The number of aromatic nitrogens is 1. The number of carbonyl (C=O) groups excluding carboxylic acids is 1. The minimum absolute atomic E-state index is 0. The van der Waals surface area contributed by atoms with Crippen LogP contribution in [0.4, 0.5) is 0 Å². The average molecular weight is 516 g/mol. The van der Waals surface area contributed by atoms with Crippen LogP contribution in [0.1, 0.15) is 15.9 Å². The van der Waals surface area contributed by atoms with Crippen LogP contribution in [-0.2, 0) is 20.1 Å². The number of hydrogen-bond donors (Lipinski definition) is 0. The van der Waals surface area contributed by atoms with E-state index in [4.69, 9.17) is 0 Å². The zero-order chi connectivity index (χ0) is 16.4. The zero-order valence-corrected chi connectivity index (χ0v) is 16.7. The van der Waals surface area contributed by atoms with Crippen molar-refractivity contribution in [3.8, 4) is 11.3 Å². The van der Waals surface area contributed by atoms with Crippen molar-refractivity contribution in [1.29, 1.82) is 0 Å². The minimum atomic E-state index is -0.0168. The standard InChI is InChI=1S/C22H14NO.CH3.Ir/c24-22(19-11-10-16-6-4-5-9-18(16)14-19)20-12-13-21(23-15-20)17-7-2-1-3-8-17;;/h1-7,9-15H;1H3;/q2*-1;. The summed E-state index contributed by atoms with van der Waals surface area (Å²) in [6.45, 7) is 0. The number of nitrogens with zero attached hydrogens (tertiary/aromatic N) is 1. The van der Waals surface area contributed by atoms with Gasteiger partial charge in [0.05, 0.1) is 0 Å². The molecule has 2 nitrogen and oxygen atoms in total. The molecule has 1 radical (unpaired) electrons. The molecular weight excluding hydrogens is 498 g/mol. The molecule has 0 aliphatic heterocycles. The van der Waals surface area contributed by atoms with Crippen LogP contribution in [0.25, 0.3) is 22.0 Å². The third kappa shape index (κ3) is 3.96. The first-order valence-electron chi connectivity index (χ1n) is 7.78. The molecule has 4 aromatic rings. The maximum Gasteiger partial charge on any atom is 0.194 e. The largest absolute Gasteiger partial charge is 0.358 e. The van der Waals surface area contributed by atoms with Gasteiger partial charge in [0.2, 0.25) is 0 Å². The van der Waals surface area contributed by atoms with Crippen molar-refractivity contribution >= 4 is 16.6 Å². The van der Waals surface area contributed by atoms with E-state index in [2.05, 4.69) is 11.1 Å². The van der Waals surface area contributed by atoms with Gasteiger partial charge >= 0.3 is 0 Å². The summed E-state index contributed by atoms with van der Waals surface area (Å²) in [5, 5.41) is 2.19. The molecule has 131 valence electrons. The molecule has 3 heteroatoms. The second-order valence-corrected chi connectivity index (χ2v) is 5.60. The maximum absolute atomic E-state index is 12.7. The minimum Gasteiger partial charge on any atom is -0.358 e. The maximum atomic E-state index is 12.7. The zero-order valence-electron chi connectivity index (χ0n) is 14.3. The van der Waals surface area contributed by atoms with E-state index in [1.165, 1.54) is 0 Å². The Morgan fingerprint density at radius 3 is 2.23 bits per heavy atom. The van der Waals surface area contributed by atoms with Crippen LogP contribution in [0.2, 0.25) is 0 Å². The Bertz CT molecular complexity index is 1010. The van der Waals surface area contributed by atoms with E-state index in [1.54, 1.807) is 6.20 Å². The molecule has 4 rings (SSSR count). The van der Waals surface area contributed by atoms with Crippen LogP contribution < -0.4 is 0 Å². The van der Waals surface area contributed by atoms with Crippen LogP contribution in [0.15, 0.2) is 85.1 Å². The molecular formula is C23H17IrNO-2. The monoisotopic (exact) mass is 516 g/mol. The molecule has 26 heavy (non-hydrogen) atoms. The summed E-state index contributed by atoms with van der Waals surface area (Å²) in [7, 11) is 0. The van der Waals surface area contributed by atoms with Gasteiger partial charge in [0.1, 0.15) is 0 Å². The fraction of sp³-hybridized carbons (Fsp3) is 0. The van der Waals surface area contributed by atoms with Gasteiger partial charge in [0.25, 0.3) is 0 Å². The van der Waals surface area contributed by atoms with Crippen molar-refractivity contribution in [3.05, 3.63) is 110 Å². The van der Waals surface area contributed by atoms with Crippen molar-refractivity contribution in [3.63, 3.8) is 0 Å². The smallest absolute Gasteiger partial charge is 0.194 e. The van der Waals surface area contributed by atoms with E-state index in [0.717, 1.165) is 22.0 Å². The Kier molecular flexibility index (Phi) is 6.57. The Morgan fingerprint density at radius 2 is 1.54 bits per heavy atom. The topological polar surface area (TPSA) is 30.0 Å². The number of hydrogen-bond acceptors (Lipinski definition) is 2. The molecule has 0 unspecified atom stereocenters. The van der Waals surface area contributed by atoms with Crippen LogP contribution in [0.5, 0.6) is 0 Å². The molecule has 0 saturated heterocycles. The first kappa shape index (κ1) is 19.7. The second-order valence-electron chi connectivity index (χ2n) is 5.60. The summed E-state index contributed by atoms with van der Waals surface area (Å²) < 4.78 is 0. The Hall–Kier alpha value is -2.61. The molecule has 0 amide bonds. The predicted octanol–water partition coefficient (Wildman–Crippen LogP) is 5.38. The summed E-state index contributed by atoms with van der Waals surface area (Å²) in [4.78, 5) is 17.1. The van der Waals surface area contributed by atoms with Crippen LogP contribution in [-0.4, -0.2) is 10.8 Å². The van der Waals surface area contributed by atoms with Gasteiger partial charge in [0.15, 0.2) is 5.78 Å². The van der Waals surface area contributed by atoms with Gasteiger partial charge in [-0.05, 0) is 22.5 Å². The Labute approximate surface area is 167 Å². The van der Waals surface area contributed by atoms with Gasteiger partial charge in [-0.2, -0.15) is 0 Å². The summed E-state index contributed by atoms with van der Waals surface area (Å²) in [5.41, 5.74) is 2.99. The second kappa shape index (κ2) is 8.66.